The van der Waals surface area contributed by atoms with Gasteiger partial charge in [0.15, 0.2) is 0 Å². The van der Waals surface area contributed by atoms with Gasteiger partial charge in [0, 0.05) is 25.7 Å². The number of hydrogen-bond acceptors (Lipinski definition) is 6. The van der Waals surface area contributed by atoms with Crippen LogP contribution in [0.1, 0.15) is 19.3 Å². The molecule has 1 atom stereocenters. The largest absolute Gasteiger partial charge is 0.465 e. The van der Waals surface area contributed by atoms with E-state index in [1.165, 1.54) is 22.3 Å². The molecule has 6 nitrogen and oxygen atoms in total. The third kappa shape index (κ3) is 3.07. The van der Waals surface area contributed by atoms with Gasteiger partial charge in [-0.1, -0.05) is 11.8 Å². The number of carbonyl (C=O) groups excluding carboxylic acids is 1. The highest BCUT2D eigenvalue weighted by atomic mass is 32.2. The maximum Gasteiger partial charge on any atom is 0.319 e. The molecule has 0 unspecified atom stereocenters. The molecule has 0 aliphatic carbocycles. The van der Waals surface area contributed by atoms with Crippen LogP contribution in [-0.4, -0.2) is 48.6 Å². The zero-order valence-electron chi connectivity index (χ0n) is 11.4. The van der Waals surface area contributed by atoms with Gasteiger partial charge in [0.2, 0.25) is 10.0 Å². The maximum absolute atomic E-state index is 12.3. The standard InChI is InChI=1S/C13H16N2O4S2/c16-13-11(5-8-19-13)20-12-4-3-10(9-14-12)21(17,18)15-6-1-2-7-15/h3-4,9,11H,1-2,5-8H2/t11-/m0/s1. The Kier molecular flexibility index (Phi) is 4.19. The van der Waals surface area contributed by atoms with Gasteiger partial charge < -0.3 is 4.74 Å². The average molecular weight is 328 g/mol. The van der Waals surface area contributed by atoms with Crippen LogP contribution in [-0.2, 0) is 19.6 Å². The van der Waals surface area contributed by atoms with Crippen LogP contribution in [0.25, 0.3) is 0 Å². The van der Waals surface area contributed by atoms with Gasteiger partial charge in [-0.25, -0.2) is 13.4 Å². The Hall–Kier alpha value is -1.12. The number of ether oxygens (including phenoxy) is 1. The van der Waals surface area contributed by atoms with Crippen molar-refractivity contribution >= 4 is 27.8 Å². The molecule has 0 radical (unpaired) electrons. The zero-order chi connectivity index (χ0) is 14.9. The smallest absolute Gasteiger partial charge is 0.319 e. The van der Waals surface area contributed by atoms with E-state index in [0.717, 1.165) is 12.8 Å². The number of aromatic nitrogens is 1. The number of sulfonamides is 1. The van der Waals surface area contributed by atoms with Gasteiger partial charge in [-0.2, -0.15) is 4.31 Å². The Morgan fingerprint density at radius 1 is 1.29 bits per heavy atom. The predicted octanol–water partition coefficient (Wildman–Crippen LogP) is 1.27. The highest BCUT2D eigenvalue weighted by Crippen LogP contribution is 2.29. The summed E-state index contributed by atoms with van der Waals surface area (Å²) in [6.07, 6.45) is 3.85. The number of nitrogens with zero attached hydrogens (tertiary/aromatic N) is 2. The van der Waals surface area contributed by atoms with Gasteiger partial charge in [-0.15, -0.1) is 0 Å². The number of thioether (sulfide) groups is 1. The fourth-order valence-electron chi connectivity index (χ4n) is 2.40. The van der Waals surface area contributed by atoms with Crippen molar-refractivity contribution in [1.82, 2.24) is 9.29 Å². The van der Waals surface area contributed by atoms with Gasteiger partial charge in [0.25, 0.3) is 0 Å². The molecule has 21 heavy (non-hydrogen) atoms. The Morgan fingerprint density at radius 3 is 2.62 bits per heavy atom. The van der Waals surface area contributed by atoms with E-state index in [1.807, 2.05) is 0 Å². The van der Waals surface area contributed by atoms with Crippen LogP contribution in [0.3, 0.4) is 0 Å². The number of rotatable bonds is 4. The Bertz CT molecular complexity index is 624. The number of hydrogen-bond donors (Lipinski definition) is 0. The molecule has 2 aliphatic rings. The Labute approximate surface area is 127 Å². The average Bonchev–Trinajstić information content (AvgIpc) is 3.12. The summed E-state index contributed by atoms with van der Waals surface area (Å²) in [4.78, 5) is 15.8. The SMILES string of the molecule is O=C1OCC[C@@H]1Sc1ccc(S(=O)(=O)N2CCCC2)cn1. The van der Waals surface area contributed by atoms with Crippen LogP contribution in [0.15, 0.2) is 28.3 Å². The first kappa shape index (κ1) is 14.8. The number of cyclic esters (lactones) is 1. The summed E-state index contributed by atoms with van der Waals surface area (Å²) in [5.74, 6) is -0.226. The van der Waals surface area contributed by atoms with Crippen molar-refractivity contribution in [3.8, 4) is 0 Å². The maximum atomic E-state index is 12.3. The quantitative estimate of drug-likeness (QED) is 0.775. The third-order valence-corrected chi connectivity index (χ3v) is 6.64. The van der Waals surface area contributed by atoms with E-state index in [1.54, 1.807) is 12.1 Å². The molecule has 0 aromatic carbocycles. The minimum atomic E-state index is -3.42. The normalized spacial score (nSPS) is 23.4. The highest BCUT2D eigenvalue weighted by Gasteiger charge is 2.29. The van der Waals surface area contributed by atoms with E-state index in [9.17, 15) is 13.2 Å². The van der Waals surface area contributed by atoms with Crippen molar-refractivity contribution in [3.63, 3.8) is 0 Å². The van der Waals surface area contributed by atoms with Crippen molar-refractivity contribution in [3.05, 3.63) is 18.3 Å². The van der Waals surface area contributed by atoms with E-state index in [0.29, 0.717) is 31.1 Å². The van der Waals surface area contributed by atoms with Crippen LogP contribution in [0.5, 0.6) is 0 Å². The minimum Gasteiger partial charge on any atom is -0.465 e. The first-order chi connectivity index (χ1) is 10.1. The van der Waals surface area contributed by atoms with E-state index < -0.39 is 10.0 Å². The summed E-state index contributed by atoms with van der Waals surface area (Å²) in [5.41, 5.74) is 0. The molecule has 0 N–H and O–H groups in total. The van der Waals surface area contributed by atoms with Crippen molar-refractivity contribution in [2.24, 2.45) is 0 Å². The molecule has 0 spiro atoms. The van der Waals surface area contributed by atoms with Gasteiger partial charge in [-0.05, 0) is 25.0 Å². The molecule has 0 amide bonds. The van der Waals surface area contributed by atoms with E-state index >= 15 is 0 Å². The molecule has 1 aromatic heterocycles. The molecule has 2 fully saturated rings. The molecule has 3 rings (SSSR count). The van der Waals surface area contributed by atoms with Crippen LogP contribution >= 0.6 is 11.8 Å². The van der Waals surface area contributed by atoms with Gasteiger partial charge in [-0.3, -0.25) is 4.79 Å². The molecule has 1 aromatic rings. The lowest BCUT2D eigenvalue weighted by Crippen LogP contribution is -2.27. The molecule has 114 valence electrons. The zero-order valence-corrected chi connectivity index (χ0v) is 13.0. The van der Waals surface area contributed by atoms with Crippen molar-refractivity contribution < 1.29 is 17.9 Å². The third-order valence-electron chi connectivity index (χ3n) is 3.56. The molecule has 2 aliphatic heterocycles. The van der Waals surface area contributed by atoms with E-state index in [-0.39, 0.29) is 16.1 Å². The van der Waals surface area contributed by atoms with Crippen LogP contribution in [0, 0.1) is 0 Å². The van der Waals surface area contributed by atoms with Gasteiger partial charge >= 0.3 is 5.97 Å². The van der Waals surface area contributed by atoms with Crippen LogP contribution in [0.2, 0.25) is 0 Å². The molecule has 0 saturated carbocycles. The molecular formula is C13H16N2O4S2. The molecular weight excluding hydrogens is 312 g/mol. The summed E-state index contributed by atoms with van der Waals surface area (Å²) >= 11 is 1.32. The monoisotopic (exact) mass is 328 g/mol. The fraction of sp³-hybridized carbons (Fsp3) is 0.538. The molecule has 2 saturated heterocycles. The number of pyridine rings is 1. The van der Waals surface area contributed by atoms with Crippen molar-refractivity contribution in [2.45, 2.75) is 34.4 Å². The second kappa shape index (κ2) is 5.94. The second-order valence-electron chi connectivity index (χ2n) is 5.01. The van der Waals surface area contributed by atoms with Gasteiger partial charge in [0.05, 0.1) is 11.6 Å². The molecule has 3 heterocycles. The van der Waals surface area contributed by atoms with Crippen molar-refractivity contribution in [1.29, 1.82) is 0 Å². The highest BCUT2D eigenvalue weighted by molar-refractivity contribution is 8.00. The summed E-state index contributed by atoms with van der Waals surface area (Å²) in [6.45, 7) is 1.59. The summed E-state index contributed by atoms with van der Waals surface area (Å²) < 4.78 is 31.1. The van der Waals surface area contributed by atoms with Gasteiger partial charge in [0.1, 0.15) is 10.1 Å². The number of carbonyl (C=O) groups is 1. The Morgan fingerprint density at radius 2 is 2.05 bits per heavy atom. The molecule has 8 heteroatoms. The van der Waals surface area contributed by atoms with E-state index in [2.05, 4.69) is 4.98 Å². The predicted molar refractivity (Wildman–Crippen MR) is 77.5 cm³/mol. The lowest BCUT2D eigenvalue weighted by Gasteiger charge is -2.15. The van der Waals surface area contributed by atoms with Crippen LogP contribution < -0.4 is 0 Å². The fourth-order valence-corrected chi connectivity index (χ4v) is 4.79. The minimum absolute atomic E-state index is 0.211. The second-order valence-corrected chi connectivity index (χ2v) is 8.17. The lowest BCUT2D eigenvalue weighted by molar-refractivity contribution is -0.137. The first-order valence-corrected chi connectivity index (χ1v) is 9.19. The summed E-state index contributed by atoms with van der Waals surface area (Å²) in [7, 11) is -3.42. The van der Waals surface area contributed by atoms with Crippen LogP contribution in [0.4, 0.5) is 0 Å². The topological polar surface area (TPSA) is 76.6 Å². The molecule has 0 bridgehead atoms. The first-order valence-electron chi connectivity index (χ1n) is 6.87. The summed E-state index contributed by atoms with van der Waals surface area (Å²) in [5, 5.41) is 0.401. The lowest BCUT2D eigenvalue weighted by atomic mass is 10.4. The van der Waals surface area contributed by atoms with Crippen molar-refractivity contribution in [2.75, 3.05) is 19.7 Å². The number of esters is 1. The Balaban J connectivity index is 1.73. The summed E-state index contributed by atoms with van der Waals surface area (Å²) in [6, 6.07) is 3.21. The van der Waals surface area contributed by atoms with E-state index in [4.69, 9.17) is 4.74 Å².